The number of rotatable bonds is 7. The van der Waals surface area contributed by atoms with Gasteiger partial charge < -0.3 is 5.32 Å². The summed E-state index contributed by atoms with van der Waals surface area (Å²) in [4.78, 5) is 2.48. The van der Waals surface area contributed by atoms with Crippen LogP contribution in [0.2, 0.25) is 0 Å². The van der Waals surface area contributed by atoms with Crippen molar-refractivity contribution in [2.45, 2.75) is 32.4 Å². The van der Waals surface area contributed by atoms with E-state index in [-0.39, 0.29) is 0 Å². The Balaban J connectivity index is 3.94. The van der Waals surface area contributed by atoms with Crippen LogP contribution in [0.3, 0.4) is 0 Å². The topological polar surface area (TPSA) is 15.3 Å². The van der Waals surface area contributed by atoms with Crippen molar-refractivity contribution in [3.05, 3.63) is 0 Å². The van der Waals surface area contributed by atoms with Crippen molar-refractivity contribution in [3.63, 3.8) is 0 Å². The summed E-state index contributed by atoms with van der Waals surface area (Å²) in [6.07, 6.45) is 3.42. The first kappa shape index (κ1) is 13.3. The van der Waals surface area contributed by atoms with Crippen molar-refractivity contribution in [2.75, 3.05) is 32.6 Å². The van der Waals surface area contributed by atoms with Crippen molar-refractivity contribution in [1.82, 2.24) is 10.2 Å². The predicted octanol–water partition coefficient (Wildman–Crippen LogP) is 1.67. The molecule has 0 aromatic heterocycles. The fourth-order valence-corrected chi connectivity index (χ4v) is 2.37. The Morgan fingerprint density at radius 3 is 2.46 bits per heavy atom. The van der Waals surface area contributed by atoms with Crippen molar-refractivity contribution in [2.24, 2.45) is 0 Å². The Bertz CT molecular complexity index is 119. The molecule has 0 radical (unpaired) electrons. The average Bonchev–Trinajstić information content (AvgIpc) is 2.13. The maximum absolute atomic E-state index is 3.22. The van der Waals surface area contributed by atoms with Crippen LogP contribution in [-0.4, -0.2) is 49.6 Å². The zero-order valence-electron chi connectivity index (χ0n) is 9.63. The summed E-state index contributed by atoms with van der Waals surface area (Å²) in [5.41, 5.74) is 0. The number of hydrogen-bond donors (Lipinski definition) is 1. The third kappa shape index (κ3) is 4.89. The Kier molecular flexibility index (Phi) is 7.81. The van der Waals surface area contributed by atoms with Crippen LogP contribution >= 0.6 is 11.8 Å². The summed E-state index contributed by atoms with van der Waals surface area (Å²) in [5.74, 6) is 1.24. The molecule has 1 N–H and O–H groups in total. The maximum Gasteiger partial charge on any atom is 0.0192 e. The molecule has 0 rings (SSSR count). The minimum atomic E-state index is 0.627. The first-order chi connectivity index (χ1) is 6.17. The molecule has 3 heteroatoms. The monoisotopic (exact) mass is 204 g/mol. The summed E-state index contributed by atoms with van der Waals surface area (Å²) in [6, 6.07) is 1.35. The fraction of sp³-hybridized carbons (Fsp3) is 1.00. The lowest BCUT2D eigenvalue weighted by Gasteiger charge is -2.32. The Labute approximate surface area is 87.5 Å². The molecule has 80 valence electrons. The molecular formula is C10H24N2S. The van der Waals surface area contributed by atoms with Gasteiger partial charge in [0.05, 0.1) is 0 Å². The summed E-state index contributed by atoms with van der Waals surface area (Å²) in [5, 5.41) is 3.22. The largest absolute Gasteiger partial charge is 0.318 e. The second kappa shape index (κ2) is 7.65. The lowest BCUT2D eigenvalue weighted by atomic mass is 10.2. The number of hydrogen-bond acceptors (Lipinski definition) is 3. The molecule has 0 saturated carbocycles. The lowest BCUT2D eigenvalue weighted by Crippen LogP contribution is -2.44. The first-order valence-electron chi connectivity index (χ1n) is 5.02. The highest BCUT2D eigenvalue weighted by Crippen LogP contribution is 2.10. The highest BCUT2D eigenvalue weighted by atomic mass is 32.2. The molecule has 0 bridgehead atoms. The van der Waals surface area contributed by atoms with E-state index in [0.29, 0.717) is 6.04 Å². The molecule has 0 aliphatic carbocycles. The summed E-state index contributed by atoms with van der Waals surface area (Å²) >= 11 is 1.94. The SMILES string of the molecule is CCC(CSC)N(C)C(C)CNC. The molecule has 0 fully saturated rings. The Morgan fingerprint density at radius 1 is 1.46 bits per heavy atom. The molecule has 0 aromatic rings. The maximum atomic E-state index is 3.22. The van der Waals surface area contributed by atoms with Gasteiger partial charge in [0.25, 0.3) is 0 Å². The number of thioether (sulfide) groups is 1. The van der Waals surface area contributed by atoms with Crippen LogP contribution in [0.25, 0.3) is 0 Å². The van der Waals surface area contributed by atoms with Gasteiger partial charge in [0, 0.05) is 24.4 Å². The molecule has 0 aromatic carbocycles. The quantitative estimate of drug-likeness (QED) is 0.679. The van der Waals surface area contributed by atoms with Crippen molar-refractivity contribution in [1.29, 1.82) is 0 Å². The molecule has 2 atom stereocenters. The van der Waals surface area contributed by atoms with E-state index in [9.17, 15) is 0 Å². The van der Waals surface area contributed by atoms with Gasteiger partial charge in [-0.1, -0.05) is 6.92 Å². The zero-order chi connectivity index (χ0) is 10.3. The third-order valence-electron chi connectivity index (χ3n) is 2.60. The molecule has 0 heterocycles. The highest BCUT2D eigenvalue weighted by Gasteiger charge is 2.16. The number of nitrogens with zero attached hydrogens (tertiary/aromatic N) is 1. The lowest BCUT2D eigenvalue weighted by molar-refractivity contribution is 0.193. The minimum absolute atomic E-state index is 0.627. The molecular weight excluding hydrogens is 180 g/mol. The van der Waals surface area contributed by atoms with Gasteiger partial charge >= 0.3 is 0 Å². The second-order valence-corrected chi connectivity index (χ2v) is 4.50. The molecule has 0 aliphatic heterocycles. The first-order valence-corrected chi connectivity index (χ1v) is 6.42. The van der Waals surface area contributed by atoms with Gasteiger partial charge in [-0.15, -0.1) is 0 Å². The Morgan fingerprint density at radius 2 is 2.08 bits per heavy atom. The van der Waals surface area contributed by atoms with E-state index >= 15 is 0 Å². The molecule has 2 nitrogen and oxygen atoms in total. The third-order valence-corrected chi connectivity index (χ3v) is 3.32. The van der Waals surface area contributed by atoms with Gasteiger partial charge in [-0.25, -0.2) is 0 Å². The molecule has 2 unspecified atom stereocenters. The molecule has 0 aliphatic rings. The van der Waals surface area contributed by atoms with Crippen LogP contribution in [0, 0.1) is 0 Å². The summed E-state index contributed by atoms with van der Waals surface area (Å²) in [6.45, 7) is 5.62. The second-order valence-electron chi connectivity index (χ2n) is 3.59. The number of nitrogens with one attached hydrogen (secondary N) is 1. The van der Waals surface area contributed by atoms with Crippen LogP contribution in [0.1, 0.15) is 20.3 Å². The fourth-order valence-electron chi connectivity index (χ4n) is 1.52. The van der Waals surface area contributed by atoms with Crippen LogP contribution in [0.4, 0.5) is 0 Å². The number of likely N-dealkylation sites (N-methyl/N-ethyl adjacent to an activating group) is 2. The van der Waals surface area contributed by atoms with Crippen molar-refractivity contribution < 1.29 is 0 Å². The van der Waals surface area contributed by atoms with Gasteiger partial charge in [0.2, 0.25) is 0 Å². The van der Waals surface area contributed by atoms with E-state index in [1.54, 1.807) is 0 Å². The van der Waals surface area contributed by atoms with Crippen LogP contribution < -0.4 is 5.32 Å². The average molecular weight is 204 g/mol. The normalized spacial score (nSPS) is 16.2. The van der Waals surface area contributed by atoms with Crippen LogP contribution in [0.15, 0.2) is 0 Å². The van der Waals surface area contributed by atoms with Gasteiger partial charge in [0.15, 0.2) is 0 Å². The highest BCUT2D eigenvalue weighted by molar-refractivity contribution is 7.98. The van der Waals surface area contributed by atoms with E-state index in [1.807, 2.05) is 18.8 Å². The van der Waals surface area contributed by atoms with E-state index < -0.39 is 0 Å². The van der Waals surface area contributed by atoms with Gasteiger partial charge in [0.1, 0.15) is 0 Å². The zero-order valence-corrected chi connectivity index (χ0v) is 10.4. The van der Waals surface area contributed by atoms with Crippen LogP contribution in [0.5, 0.6) is 0 Å². The van der Waals surface area contributed by atoms with E-state index in [4.69, 9.17) is 0 Å². The Hall–Kier alpha value is 0.270. The van der Waals surface area contributed by atoms with E-state index in [1.165, 1.54) is 12.2 Å². The minimum Gasteiger partial charge on any atom is -0.318 e. The van der Waals surface area contributed by atoms with Crippen molar-refractivity contribution in [3.8, 4) is 0 Å². The molecule has 0 amide bonds. The van der Waals surface area contributed by atoms with Gasteiger partial charge in [-0.3, -0.25) is 4.90 Å². The van der Waals surface area contributed by atoms with Crippen LogP contribution in [-0.2, 0) is 0 Å². The van der Waals surface area contributed by atoms with E-state index in [0.717, 1.165) is 12.6 Å². The van der Waals surface area contributed by atoms with E-state index in [2.05, 4.69) is 37.4 Å². The summed E-state index contributed by atoms with van der Waals surface area (Å²) < 4.78 is 0. The predicted molar refractivity (Wildman–Crippen MR) is 63.6 cm³/mol. The standard InChI is InChI=1S/C10H24N2S/c1-6-10(8-13-5)12(4)9(2)7-11-3/h9-11H,6-8H2,1-5H3. The molecule has 0 saturated heterocycles. The smallest absolute Gasteiger partial charge is 0.0192 e. The summed E-state index contributed by atoms with van der Waals surface area (Å²) in [7, 11) is 4.24. The van der Waals surface area contributed by atoms with Gasteiger partial charge in [-0.05, 0) is 33.7 Å². The van der Waals surface area contributed by atoms with Gasteiger partial charge in [-0.2, -0.15) is 11.8 Å². The molecule has 13 heavy (non-hydrogen) atoms. The van der Waals surface area contributed by atoms with Crippen molar-refractivity contribution >= 4 is 11.8 Å². The molecule has 0 spiro atoms.